The van der Waals surface area contributed by atoms with Crippen molar-refractivity contribution in [2.75, 3.05) is 26.2 Å². The highest BCUT2D eigenvalue weighted by atomic mass is 16.2. The zero-order valence-corrected chi connectivity index (χ0v) is 13.2. The molecule has 114 valence electrons. The first-order valence-corrected chi connectivity index (χ1v) is 8.54. The maximum absolute atomic E-state index is 12.3. The van der Waals surface area contributed by atoms with Crippen LogP contribution in [0.1, 0.15) is 58.8 Å². The molecule has 0 atom stereocenters. The van der Waals surface area contributed by atoms with E-state index in [1.54, 1.807) is 0 Å². The van der Waals surface area contributed by atoms with E-state index >= 15 is 0 Å². The van der Waals surface area contributed by atoms with E-state index in [2.05, 4.69) is 24.1 Å². The fraction of sp³-hybridized carbons (Fsp3) is 0.941. The second-order valence-corrected chi connectivity index (χ2v) is 7.99. The number of hydrogen-bond donors (Lipinski definition) is 1. The van der Waals surface area contributed by atoms with Gasteiger partial charge in [-0.3, -0.25) is 4.79 Å². The van der Waals surface area contributed by atoms with Crippen LogP contribution in [-0.2, 0) is 4.79 Å². The minimum absolute atomic E-state index is 0.0966. The Bertz CT molecular complexity index is 365. The maximum atomic E-state index is 12.3. The van der Waals surface area contributed by atoms with E-state index in [1.807, 2.05) is 0 Å². The lowest BCUT2D eigenvalue weighted by atomic mass is 9.63. The first kappa shape index (κ1) is 14.4. The Labute approximate surface area is 123 Å². The Balaban J connectivity index is 1.71. The number of carbonyl (C=O) groups is 1. The number of rotatable bonds is 3. The Kier molecular flexibility index (Phi) is 3.83. The van der Waals surface area contributed by atoms with E-state index in [4.69, 9.17) is 0 Å². The smallest absolute Gasteiger partial charge is 0.230 e. The van der Waals surface area contributed by atoms with Crippen molar-refractivity contribution >= 4 is 5.91 Å². The van der Waals surface area contributed by atoms with Gasteiger partial charge in [-0.2, -0.15) is 0 Å². The third-order valence-corrected chi connectivity index (χ3v) is 6.03. The summed E-state index contributed by atoms with van der Waals surface area (Å²) < 4.78 is 0. The molecular formula is C17H30N2O. The number of β-lactam (4-membered cyclic amide) rings is 1. The Morgan fingerprint density at radius 2 is 1.80 bits per heavy atom. The summed E-state index contributed by atoms with van der Waals surface area (Å²) in [6.07, 6.45) is 9.54. The average Bonchev–Trinajstić information content (AvgIpc) is 2.48. The summed E-state index contributed by atoms with van der Waals surface area (Å²) in [4.78, 5) is 14.4. The number of piperidine rings is 1. The number of likely N-dealkylation sites (tertiary alicyclic amines) is 1. The predicted octanol–water partition coefficient (Wildman–Crippen LogP) is 2.80. The van der Waals surface area contributed by atoms with Gasteiger partial charge in [-0.05, 0) is 64.0 Å². The Morgan fingerprint density at radius 3 is 2.35 bits per heavy atom. The topological polar surface area (TPSA) is 32.3 Å². The lowest BCUT2D eigenvalue weighted by molar-refractivity contribution is -0.161. The molecule has 0 spiro atoms. The molecule has 1 amide bonds. The maximum Gasteiger partial charge on any atom is 0.230 e. The molecule has 2 heterocycles. The van der Waals surface area contributed by atoms with Crippen LogP contribution in [0.4, 0.5) is 0 Å². The molecule has 0 radical (unpaired) electrons. The molecule has 1 saturated carbocycles. The van der Waals surface area contributed by atoms with Crippen LogP contribution in [0.5, 0.6) is 0 Å². The molecule has 0 aromatic rings. The van der Waals surface area contributed by atoms with Gasteiger partial charge >= 0.3 is 0 Å². The summed E-state index contributed by atoms with van der Waals surface area (Å²) in [5.74, 6) is 1.24. The zero-order valence-electron chi connectivity index (χ0n) is 13.2. The van der Waals surface area contributed by atoms with Crippen LogP contribution in [0.25, 0.3) is 0 Å². The second kappa shape index (κ2) is 5.32. The van der Waals surface area contributed by atoms with Crippen molar-refractivity contribution in [3.05, 3.63) is 0 Å². The molecule has 20 heavy (non-hydrogen) atoms. The van der Waals surface area contributed by atoms with Gasteiger partial charge in [-0.15, -0.1) is 0 Å². The van der Waals surface area contributed by atoms with Gasteiger partial charge in [0.05, 0.1) is 5.41 Å². The van der Waals surface area contributed by atoms with Gasteiger partial charge < -0.3 is 10.2 Å². The third kappa shape index (κ3) is 2.49. The van der Waals surface area contributed by atoms with E-state index in [0.717, 1.165) is 32.1 Å². The van der Waals surface area contributed by atoms with Gasteiger partial charge in [0.15, 0.2) is 0 Å². The van der Waals surface area contributed by atoms with E-state index in [-0.39, 0.29) is 5.41 Å². The summed E-state index contributed by atoms with van der Waals surface area (Å²) >= 11 is 0. The summed E-state index contributed by atoms with van der Waals surface area (Å²) in [6.45, 7) is 8.45. The Morgan fingerprint density at radius 1 is 1.15 bits per heavy atom. The number of amides is 1. The van der Waals surface area contributed by atoms with Gasteiger partial charge in [0.25, 0.3) is 0 Å². The van der Waals surface area contributed by atoms with Gasteiger partial charge in [-0.1, -0.05) is 19.3 Å². The fourth-order valence-electron chi connectivity index (χ4n) is 4.80. The summed E-state index contributed by atoms with van der Waals surface area (Å²) in [7, 11) is 0. The summed E-state index contributed by atoms with van der Waals surface area (Å²) in [5, 5.41) is 3.51. The summed E-state index contributed by atoms with van der Waals surface area (Å²) in [6, 6.07) is 0. The van der Waals surface area contributed by atoms with Crippen molar-refractivity contribution in [2.24, 2.45) is 16.7 Å². The normalized spacial score (nSPS) is 30.1. The van der Waals surface area contributed by atoms with Crippen LogP contribution in [-0.4, -0.2) is 37.0 Å². The molecule has 2 saturated heterocycles. The molecule has 1 N–H and O–H groups in total. The van der Waals surface area contributed by atoms with Crippen LogP contribution < -0.4 is 5.32 Å². The number of carbonyl (C=O) groups excluding carboxylic acids is 1. The molecule has 0 unspecified atom stereocenters. The van der Waals surface area contributed by atoms with Crippen LogP contribution in [0.2, 0.25) is 0 Å². The number of nitrogens with zero attached hydrogens (tertiary/aromatic N) is 1. The molecule has 1 aliphatic carbocycles. The number of nitrogens with one attached hydrogen (secondary N) is 1. The monoisotopic (exact) mass is 278 g/mol. The van der Waals surface area contributed by atoms with Crippen LogP contribution in [0.15, 0.2) is 0 Å². The van der Waals surface area contributed by atoms with Crippen molar-refractivity contribution < 1.29 is 4.79 Å². The highest BCUT2D eigenvalue weighted by molar-refractivity contribution is 5.87. The highest BCUT2D eigenvalue weighted by Gasteiger charge is 2.49. The molecule has 2 aliphatic heterocycles. The van der Waals surface area contributed by atoms with Gasteiger partial charge in [0, 0.05) is 13.1 Å². The van der Waals surface area contributed by atoms with Crippen molar-refractivity contribution in [1.82, 2.24) is 10.2 Å². The van der Waals surface area contributed by atoms with Crippen LogP contribution in [0, 0.1) is 16.7 Å². The quantitative estimate of drug-likeness (QED) is 0.805. The lowest BCUT2D eigenvalue weighted by Crippen LogP contribution is -2.62. The summed E-state index contributed by atoms with van der Waals surface area (Å²) in [5.41, 5.74) is 0.318. The Hall–Kier alpha value is -0.570. The van der Waals surface area contributed by atoms with Crippen molar-refractivity contribution in [1.29, 1.82) is 0 Å². The number of hydrogen-bond acceptors (Lipinski definition) is 2. The third-order valence-electron chi connectivity index (χ3n) is 6.03. The lowest BCUT2D eigenvalue weighted by Gasteiger charge is -2.53. The second-order valence-electron chi connectivity index (χ2n) is 7.99. The molecular weight excluding hydrogens is 248 g/mol. The minimum Gasteiger partial charge on any atom is -0.341 e. The standard InChI is InChI=1S/C17H30N2O/c1-16(2)12-19(15(16)20)13-17(8-10-18-11-9-17)14-6-4-3-5-7-14/h14,18H,3-13H2,1-2H3. The molecule has 0 aromatic carbocycles. The van der Waals surface area contributed by atoms with Crippen LogP contribution >= 0.6 is 0 Å². The van der Waals surface area contributed by atoms with Gasteiger partial charge in [-0.25, -0.2) is 0 Å². The SMILES string of the molecule is CC1(C)CN(CC2(C3CCCCC3)CCNCC2)C1=O. The van der Waals surface area contributed by atoms with Gasteiger partial charge in [0.2, 0.25) is 5.91 Å². The van der Waals surface area contributed by atoms with Crippen LogP contribution in [0.3, 0.4) is 0 Å². The average molecular weight is 278 g/mol. The largest absolute Gasteiger partial charge is 0.341 e. The van der Waals surface area contributed by atoms with Crippen molar-refractivity contribution in [2.45, 2.75) is 58.8 Å². The molecule has 3 rings (SSSR count). The molecule has 3 aliphatic rings. The van der Waals surface area contributed by atoms with E-state index in [9.17, 15) is 4.79 Å². The van der Waals surface area contributed by atoms with E-state index < -0.39 is 0 Å². The zero-order chi connectivity index (χ0) is 14.2. The molecule has 3 nitrogen and oxygen atoms in total. The van der Waals surface area contributed by atoms with Crippen molar-refractivity contribution in [3.63, 3.8) is 0 Å². The van der Waals surface area contributed by atoms with E-state index in [1.165, 1.54) is 44.9 Å². The van der Waals surface area contributed by atoms with Crippen molar-refractivity contribution in [3.8, 4) is 0 Å². The predicted molar refractivity (Wildman–Crippen MR) is 81.5 cm³/mol. The molecule has 0 aromatic heterocycles. The minimum atomic E-state index is -0.0966. The fourth-order valence-corrected chi connectivity index (χ4v) is 4.80. The van der Waals surface area contributed by atoms with E-state index in [0.29, 0.717) is 11.3 Å². The highest BCUT2D eigenvalue weighted by Crippen LogP contribution is 2.47. The first-order valence-electron chi connectivity index (χ1n) is 8.54. The first-order chi connectivity index (χ1) is 9.54. The van der Waals surface area contributed by atoms with Gasteiger partial charge in [0.1, 0.15) is 0 Å². The molecule has 3 heteroatoms. The molecule has 0 bridgehead atoms. The molecule has 3 fully saturated rings.